The molecule has 1 aromatic heterocycles. The van der Waals surface area contributed by atoms with Gasteiger partial charge in [-0.3, -0.25) is 4.79 Å². The Balaban J connectivity index is 2.39. The van der Waals surface area contributed by atoms with Crippen molar-refractivity contribution in [2.75, 3.05) is 5.32 Å². The van der Waals surface area contributed by atoms with E-state index in [-0.39, 0.29) is 21.9 Å². The second-order valence-electron chi connectivity index (χ2n) is 4.72. The zero-order valence-corrected chi connectivity index (χ0v) is 12.7. The van der Waals surface area contributed by atoms with Crippen LogP contribution in [0.5, 0.6) is 5.75 Å². The Labute approximate surface area is 125 Å². The minimum absolute atomic E-state index is 0.0954. The van der Waals surface area contributed by atoms with Gasteiger partial charge in [0.2, 0.25) is 0 Å². The van der Waals surface area contributed by atoms with E-state index in [1.807, 2.05) is 0 Å². The van der Waals surface area contributed by atoms with Crippen LogP contribution < -0.4 is 5.32 Å². The fourth-order valence-corrected chi connectivity index (χ4v) is 3.03. The normalized spacial score (nSPS) is 10.4. The number of hydrogen-bond acceptors (Lipinski definition) is 4. The summed E-state index contributed by atoms with van der Waals surface area (Å²) < 4.78 is 0. The number of phenolic OH excluding ortho intramolecular Hbond substituents is 1. The first-order chi connectivity index (χ1) is 9.82. The molecule has 2 rings (SSSR count). The van der Waals surface area contributed by atoms with Crippen molar-refractivity contribution >= 4 is 28.2 Å². The molecule has 0 unspecified atom stereocenters. The van der Waals surface area contributed by atoms with Gasteiger partial charge in [0.1, 0.15) is 10.8 Å². The zero-order valence-electron chi connectivity index (χ0n) is 11.9. The molecule has 0 fully saturated rings. The van der Waals surface area contributed by atoms with Gasteiger partial charge in [-0.05, 0) is 38.0 Å². The Morgan fingerprint density at radius 2 is 1.86 bits per heavy atom. The highest BCUT2D eigenvalue weighted by Gasteiger charge is 2.21. The predicted octanol–water partition coefficient (Wildman–Crippen LogP) is 3.33. The van der Waals surface area contributed by atoms with Crippen LogP contribution in [0, 0.1) is 20.8 Å². The average Bonchev–Trinajstić information content (AvgIpc) is 2.67. The molecule has 21 heavy (non-hydrogen) atoms. The molecule has 110 valence electrons. The monoisotopic (exact) mass is 305 g/mol. The van der Waals surface area contributed by atoms with Crippen LogP contribution in [0.15, 0.2) is 18.2 Å². The van der Waals surface area contributed by atoms with Crippen LogP contribution in [0.25, 0.3) is 0 Å². The van der Waals surface area contributed by atoms with Gasteiger partial charge in [0.05, 0.1) is 11.1 Å². The van der Waals surface area contributed by atoms with Crippen molar-refractivity contribution in [1.82, 2.24) is 0 Å². The molecule has 2 aromatic rings. The van der Waals surface area contributed by atoms with Gasteiger partial charge in [0, 0.05) is 4.88 Å². The number of carbonyl (C=O) groups is 2. The Morgan fingerprint density at radius 1 is 1.19 bits per heavy atom. The third-order valence-corrected chi connectivity index (χ3v) is 4.43. The second-order valence-corrected chi connectivity index (χ2v) is 5.94. The quantitative estimate of drug-likeness (QED) is 0.811. The number of thiophene rings is 1. The van der Waals surface area contributed by atoms with Crippen molar-refractivity contribution in [3.63, 3.8) is 0 Å². The van der Waals surface area contributed by atoms with Crippen LogP contribution in [-0.2, 0) is 0 Å². The molecule has 1 heterocycles. The maximum Gasteiger partial charge on any atom is 0.338 e. The number of aromatic carboxylic acids is 1. The van der Waals surface area contributed by atoms with E-state index in [0.29, 0.717) is 11.1 Å². The summed E-state index contributed by atoms with van der Waals surface area (Å²) in [4.78, 5) is 24.4. The first kappa shape index (κ1) is 15.1. The number of anilines is 1. The van der Waals surface area contributed by atoms with Crippen molar-refractivity contribution in [2.24, 2.45) is 0 Å². The lowest BCUT2D eigenvalue weighted by Crippen LogP contribution is -2.14. The van der Waals surface area contributed by atoms with Crippen molar-refractivity contribution in [1.29, 1.82) is 0 Å². The highest BCUT2D eigenvalue weighted by Crippen LogP contribution is 2.33. The van der Waals surface area contributed by atoms with Crippen molar-refractivity contribution in [2.45, 2.75) is 20.8 Å². The lowest BCUT2D eigenvalue weighted by atomic mass is 10.1. The van der Waals surface area contributed by atoms with E-state index in [1.165, 1.54) is 17.4 Å². The summed E-state index contributed by atoms with van der Waals surface area (Å²) >= 11 is 1.21. The molecular formula is C15H15NO4S. The number of aromatic hydroxyl groups is 1. The van der Waals surface area contributed by atoms with Crippen molar-refractivity contribution in [3.05, 3.63) is 45.3 Å². The third kappa shape index (κ3) is 2.75. The number of aryl methyl sites for hydroxylation is 2. The van der Waals surface area contributed by atoms with Gasteiger partial charge in [0.15, 0.2) is 0 Å². The number of amides is 1. The van der Waals surface area contributed by atoms with E-state index in [9.17, 15) is 19.8 Å². The van der Waals surface area contributed by atoms with Crippen LogP contribution in [-0.4, -0.2) is 22.1 Å². The van der Waals surface area contributed by atoms with Gasteiger partial charge in [-0.25, -0.2) is 4.79 Å². The van der Waals surface area contributed by atoms with Crippen LogP contribution in [0.1, 0.15) is 36.7 Å². The molecular weight excluding hydrogens is 290 g/mol. The average molecular weight is 305 g/mol. The van der Waals surface area contributed by atoms with E-state index in [4.69, 9.17) is 0 Å². The van der Waals surface area contributed by atoms with Gasteiger partial charge in [-0.1, -0.05) is 12.1 Å². The molecule has 0 saturated carbocycles. The molecule has 0 saturated heterocycles. The number of phenols is 1. The summed E-state index contributed by atoms with van der Waals surface area (Å²) in [6, 6.07) is 4.84. The summed E-state index contributed by atoms with van der Waals surface area (Å²) in [6.45, 7) is 5.19. The van der Waals surface area contributed by atoms with Gasteiger partial charge in [-0.2, -0.15) is 0 Å². The Hall–Kier alpha value is -2.34. The fraction of sp³-hybridized carbons (Fsp3) is 0.200. The fourth-order valence-electron chi connectivity index (χ4n) is 1.99. The molecule has 6 heteroatoms. The summed E-state index contributed by atoms with van der Waals surface area (Å²) in [5.74, 6) is -1.71. The molecule has 5 nitrogen and oxygen atoms in total. The number of carboxylic acids is 1. The van der Waals surface area contributed by atoms with E-state index in [2.05, 4.69) is 5.32 Å². The second kappa shape index (κ2) is 5.57. The van der Waals surface area contributed by atoms with Crippen molar-refractivity contribution < 1.29 is 19.8 Å². The van der Waals surface area contributed by atoms with Gasteiger partial charge < -0.3 is 15.5 Å². The number of carbonyl (C=O) groups excluding carboxylic acids is 1. The zero-order chi connectivity index (χ0) is 15.7. The first-order valence-electron chi connectivity index (χ1n) is 6.26. The largest absolute Gasteiger partial charge is 0.507 e. The molecule has 0 aliphatic rings. The minimum atomic E-state index is -1.08. The number of para-hydroxylation sites is 1. The van der Waals surface area contributed by atoms with Crippen LogP contribution in [0.3, 0.4) is 0 Å². The SMILES string of the molecule is Cc1cccc(C(=O)Nc2sc(C)c(C)c2C(=O)O)c1O. The van der Waals surface area contributed by atoms with Crippen LogP contribution >= 0.6 is 11.3 Å². The summed E-state index contributed by atoms with van der Waals surface area (Å²) in [5, 5.41) is 22.0. The minimum Gasteiger partial charge on any atom is -0.507 e. The lowest BCUT2D eigenvalue weighted by Gasteiger charge is -2.08. The first-order valence-corrected chi connectivity index (χ1v) is 7.07. The summed E-state index contributed by atoms with van der Waals surface area (Å²) in [5.41, 5.74) is 1.43. The number of benzene rings is 1. The van der Waals surface area contributed by atoms with Crippen molar-refractivity contribution in [3.8, 4) is 5.75 Å². The number of nitrogens with one attached hydrogen (secondary N) is 1. The third-order valence-electron chi connectivity index (χ3n) is 3.31. The number of rotatable bonds is 3. The molecule has 1 aromatic carbocycles. The maximum atomic E-state index is 12.2. The summed E-state index contributed by atoms with van der Waals surface area (Å²) in [6.07, 6.45) is 0. The molecule has 0 aliphatic heterocycles. The van der Waals surface area contributed by atoms with E-state index >= 15 is 0 Å². The molecule has 0 radical (unpaired) electrons. The van der Waals surface area contributed by atoms with Gasteiger partial charge in [0.25, 0.3) is 5.91 Å². The highest BCUT2D eigenvalue weighted by atomic mass is 32.1. The number of hydrogen-bond donors (Lipinski definition) is 3. The Bertz CT molecular complexity index is 734. The Morgan fingerprint density at radius 3 is 2.48 bits per heavy atom. The van der Waals surface area contributed by atoms with Gasteiger partial charge >= 0.3 is 5.97 Å². The molecule has 0 bridgehead atoms. The molecule has 1 amide bonds. The standard InChI is InChI=1S/C15H15NO4S/c1-7-5-4-6-10(12(7)17)13(18)16-14-11(15(19)20)8(2)9(3)21-14/h4-6,17H,1-3H3,(H,16,18)(H,19,20). The van der Waals surface area contributed by atoms with Gasteiger partial charge in [-0.15, -0.1) is 11.3 Å². The van der Waals surface area contributed by atoms with E-state index in [0.717, 1.165) is 4.88 Å². The summed E-state index contributed by atoms with van der Waals surface area (Å²) in [7, 11) is 0. The highest BCUT2D eigenvalue weighted by molar-refractivity contribution is 7.16. The smallest absolute Gasteiger partial charge is 0.338 e. The van der Waals surface area contributed by atoms with E-state index in [1.54, 1.807) is 32.9 Å². The Kier molecular flexibility index (Phi) is 3.99. The predicted molar refractivity (Wildman–Crippen MR) is 81.5 cm³/mol. The molecule has 0 spiro atoms. The van der Waals surface area contributed by atoms with Crippen LogP contribution in [0.2, 0.25) is 0 Å². The topological polar surface area (TPSA) is 86.6 Å². The van der Waals surface area contributed by atoms with Crippen LogP contribution in [0.4, 0.5) is 5.00 Å². The maximum absolute atomic E-state index is 12.2. The molecule has 0 atom stereocenters. The molecule has 0 aliphatic carbocycles. The lowest BCUT2D eigenvalue weighted by molar-refractivity contribution is 0.0697. The van der Waals surface area contributed by atoms with E-state index < -0.39 is 11.9 Å². The number of carboxylic acid groups (broad SMARTS) is 1. The molecule has 3 N–H and O–H groups in total.